The van der Waals surface area contributed by atoms with Crippen LogP contribution in [0.5, 0.6) is 0 Å². The molecular weight excluding hydrogens is 154 g/mol. The highest BCUT2D eigenvalue weighted by Crippen LogP contribution is 2.19. The van der Waals surface area contributed by atoms with E-state index in [4.69, 9.17) is 9.84 Å². The first-order valence-electron chi connectivity index (χ1n) is 4.83. The van der Waals surface area contributed by atoms with Crippen LogP contribution in [-0.2, 0) is 4.74 Å². The molecule has 2 aliphatic heterocycles. The Bertz CT molecular complexity index is 139. The molecule has 3 nitrogen and oxygen atoms in total. The molecule has 2 heterocycles. The van der Waals surface area contributed by atoms with Crippen molar-refractivity contribution >= 4 is 0 Å². The zero-order valence-corrected chi connectivity index (χ0v) is 7.41. The smallest absolute Gasteiger partial charge is 0.0702 e. The summed E-state index contributed by atoms with van der Waals surface area (Å²) >= 11 is 0. The minimum Gasteiger partial charge on any atom is -0.396 e. The van der Waals surface area contributed by atoms with Gasteiger partial charge in [0.1, 0.15) is 0 Å². The van der Waals surface area contributed by atoms with E-state index in [1.165, 1.54) is 12.8 Å². The van der Waals surface area contributed by atoms with E-state index in [9.17, 15) is 0 Å². The summed E-state index contributed by atoms with van der Waals surface area (Å²) in [6.45, 7) is 4.51. The zero-order valence-electron chi connectivity index (χ0n) is 7.41. The molecule has 0 aromatic carbocycles. The van der Waals surface area contributed by atoms with Gasteiger partial charge in [-0.05, 0) is 12.8 Å². The quantitative estimate of drug-likeness (QED) is 0.653. The second-order valence-electron chi connectivity index (χ2n) is 3.90. The number of rotatable bonds is 3. The van der Waals surface area contributed by atoms with Gasteiger partial charge in [-0.3, -0.25) is 4.90 Å². The normalized spacial score (nSPS) is 32.2. The molecule has 0 aromatic rings. The third kappa shape index (κ3) is 1.79. The Kier molecular flexibility index (Phi) is 2.63. The van der Waals surface area contributed by atoms with Gasteiger partial charge in [-0.1, -0.05) is 0 Å². The molecule has 70 valence electrons. The lowest BCUT2D eigenvalue weighted by molar-refractivity contribution is 0.00567. The van der Waals surface area contributed by atoms with Gasteiger partial charge in [0.05, 0.1) is 6.10 Å². The Morgan fingerprint density at radius 3 is 2.83 bits per heavy atom. The fourth-order valence-electron chi connectivity index (χ4n) is 2.02. The van der Waals surface area contributed by atoms with E-state index in [1.807, 2.05) is 0 Å². The number of hydrogen-bond donors (Lipinski definition) is 1. The van der Waals surface area contributed by atoms with E-state index in [1.54, 1.807) is 0 Å². The average Bonchev–Trinajstić information content (AvgIpc) is 2.47. The Morgan fingerprint density at radius 1 is 1.42 bits per heavy atom. The zero-order chi connectivity index (χ0) is 8.39. The van der Waals surface area contributed by atoms with Crippen molar-refractivity contribution in [2.45, 2.75) is 18.9 Å². The van der Waals surface area contributed by atoms with Gasteiger partial charge in [0.15, 0.2) is 0 Å². The van der Waals surface area contributed by atoms with Crippen LogP contribution in [0.2, 0.25) is 0 Å². The second-order valence-corrected chi connectivity index (χ2v) is 3.90. The molecule has 0 unspecified atom stereocenters. The number of likely N-dealkylation sites (tertiary alicyclic amines) is 1. The van der Waals surface area contributed by atoms with Crippen LogP contribution in [0.15, 0.2) is 0 Å². The largest absolute Gasteiger partial charge is 0.396 e. The topological polar surface area (TPSA) is 32.7 Å². The lowest BCUT2D eigenvalue weighted by Crippen LogP contribution is -2.50. The standard InChI is InChI=1S/C9H17NO2/c11-7-8-4-10(5-8)6-9-2-1-3-12-9/h8-9,11H,1-7H2/t9-/m1/s1. The fourth-order valence-corrected chi connectivity index (χ4v) is 2.02. The minimum atomic E-state index is 0.349. The van der Waals surface area contributed by atoms with Gasteiger partial charge in [-0.2, -0.15) is 0 Å². The molecule has 0 radical (unpaired) electrons. The summed E-state index contributed by atoms with van der Waals surface area (Å²) in [5, 5.41) is 8.81. The van der Waals surface area contributed by atoms with Crippen molar-refractivity contribution in [1.82, 2.24) is 4.90 Å². The van der Waals surface area contributed by atoms with Crippen molar-refractivity contribution in [2.24, 2.45) is 5.92 Å². The molecule has 12 heavy (non-hydrogen) atoms. The molecule has 1 atom stereocenters. The van der Waals surface area contributed by atoms with E-state index >= 15 is 0 Å². The van der Waals surface area contributed by atoms with Crippen molar-refractivity contribution in [3.8, 4) is 0 Å². The number of ether oxygens (including phenoxy) is 1. The van der Waals surface area contributed by atoms with Crippen LogP contribution < -0.4 is 0 Å². The molecule has 0 bridgehead atoms. The van der Waals surface area contributed by atoms with Crippen molar-refractivity contribution in [3.63, 3.8) is 0 Å². The van der Waals surface area contributed by atoms with Crippen LogP contribution in [0, 0.1) is 5.92 Å². The Balaban J connectivity index is 1.62. The summed E-state index contributed by atoms with van der Waals surface area (Å²) in [4.78, 5) is 2.37. The van der Waals surface area contributed by atoms with Crippen molar-refractivity contribution in [2.75, 3.05) is 32.8 Å². The molecule has 1 N–H and O–H groups in total. The number of hydrogen-bond acceptors (Lipinski definition) is 3. The van der Waals surface area contributed by atoms with Crippen LogP contribution in [-0.4, -0.2) is 49.0 Å². The first kappa shape index (κ1) is 8.48. The summed E-state index contributed by atoms with van der Waals surface area (Å²) in [6, 6.07) is 0. The van der Waals surface area contributed by atoms with E-state index in [0.717, 1.165) is 26.2 Å². The van der Waals surface area contributed by atoms with Gasteiger partial charge in [-0.25, -0.2) is 0 Å². The highest BCUT2D eigenvalue weighted by Gasteiger charge is 2.28. The first-order chi connectivity index (χ1) is 5.88. The summed E-state index contributed by atoms with van der Waals surface area (Å²) in [5.41, 5.74) is 0. The van der Waals surface area contributed by atoms with Crippen LogP contribution in [0.3, 0.4) is 0 Å². The molecule has 0 amide bonds. The Morgan fingerprint density at radius 2 is 2.25 bits per heavy atom. The molecular formula is C9H17NO2. The molecule has 0 saturated carbocycles. The van der Waals surface area contributed by atoms with Crippen molar-refractivity contribution in [3.05, 3.63) is 0 Å². The summed E-state index contributed by atoms with van der Waals surface area (Å²) in [7, 11) is 0. The van der Waals surface area contributed by atoms with Gasteiger partial charge in [-0.15, -0.1) is 0 Å². The number of aliphatic hydroxyl groups excluding tert-OH is 1. The van der Waals surface area contributed by atoms with Crippen molar-refractivity contribution < 1.29 is 9.84 Å². The SMILES string of the molecule is OCC1CN(C[C@H]2CCCO2)C1. The third-order valence-electron chi connectivity index (χ3n) is 2.78. The Hall–Kier alpha value is -0.120. The van der Waals surface area contributed by atoms with Crippen molar-refractivity contribution in [1.29, 1.82) is 0 Å². The van der Waals surface area contributed by atoms with Crippen LogP contribution in [0.4, 0.5) is 0 Å². The predicted octanol–water partition coefficient (Wildman–Crippen LogP) is 0.0895. The van der Waals surface area contributed by atoms with Crippen LogP contribution >= 0.6 is 0 Å². The molecule has 2 rings (SSSR count). The lowest BCUT2D eigenvalue weighted by Gasteiger charge is -2.39. The maximum Gasteiger partial charge on any atom is 0.0702 e. The molecule has 2 fully saturated rings. The van der Waals surface area contributed by atoms with E-state index in [0.29, 0.717) is 18.6 Å². The number of aliphatic hydroxyl groups is 1. The molecule has 2 saturated heterocycles. The van der Waals surface area contributed by atoms with E-state index in [2.05, 4.69) is 4.90 Å². The highest BCUT2D eigenvalue weighted by molar-refractivity contribution is 4.82. The highest BCUT2D eigenvalue weighted by atomic mass is 16.5. The van der Waals surface area contributed by atoms with Gasteiger partial charge in [0, 0.05) is 38.8 Å². The second kappa shape index (κ2) is 3.73. The third-order valence-corrected chi connectivity index (χ3v) is 2.78. The van der Waals surface area contributed by atoms with Gasteiger partial charge in [0.2, 0.25) is 0 Å². The lowest BCUT2D eigenvalue weighted by atomic mass is 10.0. The summed E-state index contributed by atoms with van der Waals surface area (Å²) in [5.74, 6) is 0.534. The van der Waals surface area contributed by atoms with Crippen LogP contribution in [0.1, 0.15) is 12.8 Å². The first-order valence-corrected chi connectivity index (χ1v) is 4.83. The fraction of sp³-hybridized carbons (Fsp3) is 1.00. The molecule has 0 aromatic heterocycles. The molecule has 0 aliphatic carbocycles. The van der Waals surface area contributed by atoms with Crippen LogP contribution in [0.25, 0.3) is 0 Å². The van der Waals surface area contributed by atoms with Gasteiger partial charge < -0.3 is 9.84 Å². The van der Waals surface area contributed by atoms with E-state index in [-0.39, 0.29) is 0 Å². The molecule has 2 aliphatic rings. The predicted molar refractivity (Wildman–Crippen MR) is 46.0 cm³/mol. The number of nitrogens with zero attached hydrogens (tertiary/aromatic N) is 1. The van der Waals surface area contributed by atoms with Gasteiger partial charge in [0.25, 0.3) is 0 Å². The minimum absolute atomic E-state index is 0.349. The van der Waals surface area contributed by atoms with E-state index < -0.39 is 0 Å². The molecule has 0 spiro atoms. The monoisotopic (exact) mass is 171 g/mol. The maximum atomic E-state index is 8.81. The summed E-state index contributed by atoms with van der Waals surface area (Å²) < 4.78 is 5.52. The summed E-state index contributed by atoms with van der Waals surface area (Å²) in [6.07, 6.45) is 2.92. The van der Waals surface area contributed by atoms with Gasteiger partial charge >= 0.3 is 0 Å². The Labute approximate surface area is 73.3 Å². The maximum absolute atomic E-state index is 8.81. The average molecular weight is 171 g/mol. The molecule has 3 heteroatoms.